The molecule has 1 heterocycles. The Morgan fingerprint density at radius 2 is 1.91 bits per heavy atom. The number of anilines is 1. The quantitative estimate of drug-likeness (QED) is 0.803. The van der Waals surface area contributed by atoms with Gasteiger partial charge in [0, 0.05) is 10.2 Å². The maximum atomic E-state index is 13.0. The van der Waals surface area contributed by atoms with Crippen molar-refractivity contribution in [3.05, 3.63) is 58.1 Å². The molecule has 0 N–H and O–H groups in total. The summed E-state index contributed by atoms with van der Waals surface area (Å²) in [6.45, 7) is 0.610. The Balaban J connectivity index is 1.69. The SMILES string of the molecule is COc1ccc(CN2C(=O)C3(CC3)Cc3cc(Br)ccc32)cc1. The summed E-state index contributed by atoms with van der Waals surface area (Å²) in [5.41, 5.74) is 3.29. The third kappa shape index (κ3) is 2.55. The average Bonchev–Trinajstić information content (AvgIpc) is 3.33. The molecule has 23 heavy (non-hydrogen) atoms. The van der Waals surface area contributed by atoms with Crippen LogP contribution in [0.4, 0.5) is 5.69 Å². The second kappa shape index (κ2) is 5.38. The molecule has 0 radical (unpaired) electrons. The second-order valence-corrected chi connectivity index (χ2v) is 7.39. The zero-order chi connectivity index (χ0) is 16.0. The van der Waals surface area contributed by atoms with Gasteiger partial charge in [-0.1, -0.05) is 28.1 Å². The van der Waals surface area contributed by atoms with Crippen LogP contribution in [0.1, 0.15) is 24.0 Å². The van der Waals surface area contributed by atoms with E-state index in [0.717, 1.165) is 40.7 Å². The number of benzene rings is 2. The number of carbonyl (C=O) groups excluding carboxylic acids is 1. The fourth-order valence-electron chi connectivity index (χ4n) is 3.41. The zero-order valence-corrected chi connectivity index (χ0v) is 14.6. The van der Waals surface area contributed by atoms with E-state index in [1.54, 1.807) is 7.11 Å². The monoisotopic (exact) mass is 371 g/mol. The van der Waals surface area contributed by atoms with Crippen molar-refractivity contribution in [2.75, 3.05) is 12.0 Å². The number of hydrogen-bond acceptors (Lipinski definition) is 2. The van der Waals surface area contributed by atoms with E-state index in [9.17, 15) is 4.79 Å². The number of methoxy groups -OCH3 is 1. The molecule has 0 saturated heterocycles. The Labute approximate surface area is 144 Å². The minimum Gasteiger partial charge on any atom is -0.497 e. The third-order valence-electron chi connectivity index (χ3n) is 4.91. The number of nitrogens with zero attached hydrogens (tertiary/aromatic N) is 1. The Bertz CT molecular complexity index is 765. The first kappa shape index (κ1) is 14.8. The van der Waals surface area contributed by atoms with Crippen LogP contribution in [0.5, 0.6) is 5.75 Å². The number of rotatable bonds is 3. The minimum atomic E-state index is -0.139. The van der Waals surface area contributed by atoms with Crippen molar-refractivity contribution < 1.29 is 9.53 Å². The van der Waals surface area contributed by atoms with Crippen molar-refractivity contribution in [2.24, 2.45) is 5.41 Å². The molecule has 118 valence electrons. The lowest BCUT2D eigenvalue weighted by atomic mass is 9.88. The van der Waals surface area contributed by atoms with Crippen LogP contribution in [0.2, 0.25) is 0 Å². The predicted molar refractivity (Wildman–Crippen MR) is 93.7 cm³/mol. The second-order valence-electron chi connectivity index (χ2n) is 6.47. The number of carbonyl (C=O) groups is 1. The lowest BCUT2D eigenvalue weighted by molar-refractivity contribution is -0.124. The van der Waals surface area contributed by atoms with E-state index in [0.29, 0.717) is 6.54 Å². The summed E-state index contributed by atoms with van der Waals surface area (Å²) in [4.78, 5) is 14.9. The van der Waals surface area contributed by atoms with Gasteiger partial charge in [0.15, 0.2) is 0 Å². The maximum absolute atomic E-state index is 13.0. The first-order valence-electron chi connectivity index (χ1n) is 7.85. The van der Waals surface area contributed by atoms with Gasteiger partial charge in [0.25, 0.3) is 0 Å². The molecule has 1 aliphatic carbocycles. The van der Waals surface area contributed by atoms with Gasteiger partial charge in [-0.05, 0) is 60.7 Å². The van der Waals surface area contributed by atoms with Crippen molar-refractivity contribution in [3.63, 3.8) is 0 Å². The van der Waals surface area contributed by atoms with Gasteiger partial charge >= 0.3 is 0 Å². The smallest absolute Gasteiger partial charge is 0.233 e. The normalized spacial score (nSPS) is 18.0. The van der Waals surface area contributed by atoms with Gasteiger partial charge in [-0.15, -0.1) is 0 Å². The first-order chi connectivity index (χ1) is 11.1. The largest absolute Gasteiger partial charge is 0.497 e. The summed E-state index contributed by atoms with van der Waals surface area (Å²) >= 11 is 3.55. The van der Waals surface area contributed by atoms with Crippen molar-refractivity contribution >= 4 is 27.5 Å². The van der Waals surface area contributed by atoms with Crippen molar-refractivity contribution in [1.82, 2.24) is 0 Å². The van der Waals surface area contributed by atoms with E-state index in [-0.39, 0.29) is 11.3 Å². The minimum absolute atomic E-state index is 0.139. The molecule has 0 atom stereocenters. The van der Waals surface area contributed by atoms with Crippen LogP contribution in [0.25, 0.3) is 0 Å². The number of hydrogen-bond donors (Lipinski definition) is 0. The lowest BCUT2D eigenvalue weighted by Gasteiger charge is -2.34. The zero-order valence-electron chi connectivity index (χ0n) is 13.0. The fourth-order valence-corrected chi connectivity index (χ4v) is 3.82. The predicted octanol–water partition coefficient (Wildman–Crippen LogP) is 4.33. The average molecular weight is 372 g/mol. The van der Waals surface area contributed by atoms with Crippen LogP contribution in [0.15, 0.2) is 46.9 Å². The fraction of sp³-hybridized carbons (Fsp3) is 0.316. The molecule has 1 amide bonds. The molecule has 3 nitrogen and oxygen atoms in total. The van der Waals surface area contributed by atoms with E-state index in [1.807, 2.05) is 35.2 Å². The Morgan fingerprint density at radius 3 is 2.57 bits per heavy atom. The summed E-state index contributed by atoms with van der Waals surface area (Å²) in [6, 6.07) is 14.2. The summed E-state index contributed by atoms with van der Waals surface area (Å²) in [5, 5.41) is 0. The highest BCUT2D eigenvalue weighted by Crippen LogP contribution is 2.54. The first-order valence-corrected chi connectivity index (χ1v) is 8.64. The summed E-state index contributed by atoms with van der Waals surface area (Å²) < 4.78 is 6.28. The molecule has 2 aromatic carbocycles. The molecule has 4 rings (SSSR count). The number of halogens is 1. The number of ether oxygens (including phenoxy) is 1. The molecule has 0 unspecified atom stereocenters. The topological polar surface area (TPSA) is 29.5 Å². The van der Waals surface area contributed by atoms with E-state index >= 15 is 0 Å². The van der Waals surface area contributed by atoms with Gasteiger partial charge in [-0.3, -0.25) is 4.79 Å². The van der Waals surface area contributed by atoms with Crippen LogP contribution < -0.4 is 9.64 Å². The Kier molecular flexibility index (Phi) is 3.45. The molecular weight excluding hydrogens is 354 g/mol. The van der Waals surface area contributed by atoms with Gasteiger partial charge in [0.05, 0.1) is 19.1 Å². The molecule has 1 spiro atoms. The maximum Gasteiger partial charge on any atom is 0.233 e. The van der Waals surface area contributed by atoms with E-state index in [4.69, 9.17) is 4.74 Å². The van der Waals surface area contributed by atoms with E-state index < -0.39 is 0 Å². The van der Waals surface area contributed by atoms with Crippen LogP contribution in [-0.4, -0.2) is 13.0 Å². The molecule has 1 fully saturated rings. The van der Waals surface area contributed by atoms with Crippen LogP contribution in [0.3, 0.4) is 0 Å². The van der Waals surface area contributed by atoms with Crippen LogP contribution >= 0.6 is 15.9 Å². The highest BCUT2D eigenvalue weighted by atomic mass is 79.9. The molecule has 2 aliphatic rings. The molecular formula is C19H18BrNO2. The standard InChI is InChI=1S/C19H18BrNO2/c1-23-16-5-2-13(3-6-16)12-21-17-7-4-15(20)10-14(17)11-19(8-9-19)18(21)22/h2-7,10H,8-9,11-12H2,1H3. The summed E-state index contributed by atoms with van der Waals surface area (Å²) in [7, 11) is 1.66. The Hall–Kier alpha value is -1.81. The van der Waals surface area contributed by atoms with Crippen molar-refractivity contribution in [3.8, 4) is 5.75 Å². The van der Waals surface area contributed by atoms with Gasteiger partial charge in [-0.2, -0.15) is 0 Å². The van der Waals surface area contributed by atoms with Gasteiger partial charge in [0.2, 0.25) is 5.91 Å². The van der Waals surface area contributed by atoms with E-state index in [1.165, 1.54) is 5.56 Å². The Morgan fingerprint density at radius 1 is 1.17 bits per heavy atom. The van der Waals surface area contributed by atoms with E-state index in [2.05, 4.69) is 28.1 Å². The number of fused-ring (bicyclic) bond motifs is 1. The molecule has 0 bridgehead atoms. The number of amides is 1. The van der Waals surface area contributed by atoms with Gasteiger partial charge in [0.1, 0.15) is 5.75 Å². The van der Waals surface area contributed by atoms with Crippen LogP contribution in [-0.2, 0) is 17.8 Å². The molecule has 1 aliphatic heterocycles. The van der Waals surface area contributed by atoms with Crippen LogP contribution in [0, 0.1) is 5.41 Å². The molecule has 1 saturated carbocycles. The highest BCUT2D eigenvalue weighted by Gasteiger charge is 2.54. The lowest BCUT2D eigenvalue weighted by Crippen LogP contribution is -2.42. The molecule has 0 aromatic heterocycles. The highest BCUT2D eigenvalue weighted by molar-refractivity contribution is 9.10. The van der Waals surface area contributed by atoms with Crippen molar-refractivity contribution in [2.45, 2.75) is 25.8 Å². The molecule has 4 heteroatoms. The summed E-state index contributed by atoms with van der Waals surface area (Å²) in [6.07, 6.45) is 2.90. The van der Waals surface area contributed by atoms with Gasteiger partial charge in [-0.25, -0.2) is 0 Å². The third-order valence-corrected chi connectivity index (χ3v) is 5.41. The van der Waals surface area contributed by atoms with Crippen molar-refractivity contribution in [1.29, 1.82) is 0 Å². The van der Waals surface area contributed by atoms with Gasteiger partial charge < -0.3 is 9.64 Å². The molecule has 2 aromatic rings. The summed E-state index contributed by atoms with van der Waals surface area (Å²) in [5.74, 6) is 1.12.